The van der Waals surface area contributed by atoms with Crippen LogP contribution in [-0.4, -0.2) is 44.4 Å². The number of benzene rings is 1. The Bertz CT molecular complexity index is 444. The molecule has 0 aliphatic carbocycles. The summed E-state index contributed by atoms with van der Waals surface area (Å²) in [5.41, 5.74) is 1.10. The lowest BCUT2D eigenvalue weighted by Gasteiger charge is -2.26. The van der Waals surface area contributed by atoms with Gasteiger partial charge in [0.15, 0.2) is 0 Å². The molecule has 1 aromatic rings. The van der Waals surface area contributed by atoms with Crippen LogP contribution in [0.3, 0.4) is 0 Å². The molecule has 4 heteroatoms. The molecule has 1 aliphatic heterocycles. The predicted molar refractivity (Wildman–Crippen MR) is 87.3 cm³/mol. The number of hydrogen-bond donors (Lipinski definition) is 0. The zero-order valence-corrected chi connectivity index (χ0v) is 13.3. The van der Waals surface area contributed by atoms with Crippen LogP contribution >= 0.6 is 11.6 Å². The monoisotopic (exact) mass is 309 g/mol. The fourth-order valence-corrected chi connectivity index (χ4v) is 2.72. The molecule has 0 aromatic heterocycles. The summed E-state index contributed by atoms with van der Waals surface area (Å²) in [6.45, 7) is 9.43. The Balaban J connectivity index is 1.71. The fourth-order valence-electron chi connectivity index (χ4n) is 2.47. The standard InChI is InChI=1S/C17H24ClNO2/c1-2-6-15-7-5-8-16(18)17(15)21-12-4-3-9-19-10-13-20-14-11-19/h2,5,7-8H,1,3-4,6,9-14H2. The summed E-state index contributed by atoms with van der Waals surface area (Å²) in [6, 6.07) is 5.86. The molecule has 0 radical (unpaired) electrons. The van der Waals surface area contributed by atoms with Crippen LogP contribution in [0.4, 0.5) is 0 Å². The minimum absolute atomic E-state index is 0.683. The first-order valence-electron chi connectivity index (χ1n) is 7.62. The molecule has 2 rings (SSSR count). The third-order valence-electron chi connectivity index (χ3n) is 3.63. The van der Waals surface area contributed by atoms with Crippen LogP contribution in [0.25, 0.3) is 0 Å². The number of unbranched alkanes of at least 4 members (excludes halogenated alkanes) is 1. The zero-order valence-electron chi connectivity index (χ0n) is 12.5. The summed E-state index contributed by atoms with van der Waals surface area (Å²) in [6.07, 6.45) is 4.83. The molecule has 1 aromatic carbocycles. The molecule has 0 bridgehead atoms. The van der Waals surface area contributed by atoms with Crippen molar-refractivity contribution in [2.24, 2.45) is 0 Å². The Hall–Kier alpha value is -1.03. The molecule has 0 saturated carbocycles. The topological polar surface area (TPSA) is 21.7 Å². The van der Waals surface area contributed by atoms with E-state index in [0.29, 0.717) is 11.6 Å². The van der Waals surface area contributed by atoms with Gasteiger partial charge >= 0.3 is 0 Å². The lowest BCUT2D eigenvalue weighted by Crippen LogP contribution is -2.36. The number of para-hydroxylation sites is 1. The van der Waals surface area contributed by atoms with E-state index in [9.17, 15) is 0 Å². The number of morpholine rings is 1. The van der Waals surface area contributed by atoms with Gasteiger partial charge < -0.3 is 9.47 Å². The van der Waals surface area contributed by atoms with Crippen LogP contribution in [-0.2, 0) is 11.2 Å². The number of ether oxygens (including phenoxy) is 2. The highest BCUT2D eigenvalue weighted by molar-refractivity contribution is 6.32. The van der Waals surface area contributed by atoms with Gasteiger partial charge in [-0.1, -0.05) is 29.8 Å². The molecule has 0 spiro atoms. The molecule has 21 heavy (non-hydrogen) atoms. The molecule has 0 atom stereocenters. The maximum atomic E-state index is 6.22. The average molecular weight is 310 g/mol. The largest absolute Gasteiger partial charge is 0.492 e. The number of allylic oxidation sites excluding steroid dienone is 1. The molecule has 0 N–H and O–H groups in total. The van der Waals surface area contributed by atoms with E-state index >= 15 is 0 Å². The molecule has 0 unspecified atom stereocenters. The molecule has 1 heterocycles. The number of nitrogens with zero attached hydrogens (tertiary/aromatic N) is 1. The Morgan fingerprint density at radius 2 is 2.10 bits per heavy atom. The molecule has 1 fully saturated rings. The van der Waals surface area contributed by atoms with E-state index in [0.717, 1.165) is 63.4 Å². The number of halogens is 1. The Labute approximate surface area is 132 Å². The number of hydrogen-bond acceptors (Lipinski definition) is 3. The van der Waals surface area contributed by atoms with Crippen molar-refractivity contribution in [2.75, 3.05) is 39.5 Å². The molecule has 3 nitrogen and oxygen atoms in total. The van der Waals surface area contributed by atoms with Crippen molar-refractivity contribution in [2.45, 2.75) is 19.3 Å². The van der Waals surface area contributed by atoms with Crippen LogP contribution in [0.5, 0.6) is 5.75 Å². The van der Waals surface area contributed by atoms with Crippen LogP contribution in [0.1, 0.15) is 18.4 Å². The Kier molecular flexibility index (Phi) is 7.07. The first-order chi connectivity index (χ1) is 10.3. The van der Waals surface area contributed by atoms with Crippen molar-refractivity contribution in [1.82, 2.24) is 4.90 Å². The van der Waals surface area contributed by atoms with Gasteiger partial charge in [0.1, 0.15) is 5.75 Å². The van der Waals surface area contributed by atoms with Gasteiger partial charge in [-0.25, -0.2) is 0 Å². The van der Waals surface area contributed by atoms with Crippen molar-refractivity contribution in [3.8, 4) is 5.75 Å². The first-order valence-corrected chi connectivity index (χ1v) is 8.00. The second-order valence-corrected chi connectivity index (χ2v) is 5.64. The van der Waals surface area contributed by atoms with E-state index in [1.165, 1.54) is 0 Å². The average Bonchev–Trinajstić information content (AvgIpc) is 2.51. The van der Waals surface area contributed by atoms with Gasteiger partial charge in [-0.2, -0.15) is 0 Å². The minimum atomic E-state index is 0.683. The predicted octanol–water partition coefficient (Wildman–Crippen LogP) is 3.56. The van der Waals surface area contributed by atoms with Crippen molar-refractivity contribution < 1.29 is 9.47 Å². The van der Waals surface area contributed by atoms with Crippen molar-refractivity contribution in [1.29, 1.82) is 0 Å². The summed E-state index contributed by atoms with van der Waals surface area (Å²) >= 11 is 6.22. The highest BCUT2D eigenvalue weighted by Gasteiger charge is 2.10. The fraction of sp³-hybridized carbons (Fsp3) is 0.529. The van der Waals surface area contributed by atoms with Crippen molar-refractivity contribution in [3.63, 3.8) is 0 Å². The van der Waals surface area contributed by atoms with Gasteiger partial charge in [0.25, 0.3) is 0 Å². The lowest BCUT2D eigenvalue weighted by molar-refractivity contribution is 0.0368. The van der Waals surface area contributed by atoms with Gasteiger partial charge in [0.05, 0.1) is 24.8 Å². The van der Waals surface area contributed by atoms with Crippen LogP contribution < -0.4 is 4.74 Å². The summed E-state index contributed by atoms with van der Waals surface area (Å²) in [7, 11) is 0. The first kappa shape index (κ1) is 16.3. The molecular weight excluding hydrogens is 286 g/mol. The summed E-state index contributed by atoms with van der Waals surface area (Å²) in [4.78, 5) is 2.45. The second-order valence-electron chi connectivity index (χ2n) is 5.23. The molecular formula is C17H24ClNO2. The third kappa shape index (κ3) is 5.34. The van der Waals surface area contributed by atoms with Crippen molar-refractivity contribution in [3.05, 3.63) is 41.4 Å². The second kappa shape index (κ2) is 9.08. The van der Waals surface area contributed by atoms with Crippen molar-refractivity contribution >= 4 is 11.6 Å². The Morgan fingerprint density at radius 3 is 2.86 bits per heavy atom. The third-order valence-corrected chi connectivity index (χ3v) is 3.93. The highest BCUT2D eigenvalue weighted by atomic mass is 35.5. The van der Waals surface area contributed by atoms with E-state index in [4.69, 9.17) is 21.1 Å². The maximum Gasteiger partial charge on any atom is 0.141 e. The zero-order chi connectivity index (χ0) is 14.9. The van der Waals surface area contributed by atoms with E-state index < -0.39 is 0 Å². The smallest absolute Gasteiger partial charge is 0.141 e. The van der Waals surface area contributed by atoms with Gasteiger partial charge in [-0.15, -0.1) is 6.58 Å². The minimum Gasteiger partial charge on any atom is -0.492 e. The van der Waals surface area contributed by atoms with E-state index in [-0.39, 0.29) is 0 Å². The summed E-state index contributed by atoms with van der Waals surface area (Å²) in [5, 5.41) is 0.683. The highest BCUT2D eigenvalue weighted by Crippen LogP contribution is 2.29. The molecule has 0 amide bonds. The lowest BCUT2D eigenvalue weighted by atomic mass is 10.1. The van der Waals surface area contributed by atoms with E-state index in [1.807, 2.05) is 24.3 Å². The Morgan fingerprint density at radius 1 is 1.29 bits per heavy atom. The number of rotatable bonds is 8. The van der Waals surface area contributed by atoms with Gasteiger partial charge in [0, 0.05) is 13.1 Å². The van der Waals surface area contributed by atoms with Gasteiger partial charge in [0.2, 0.25) is 0 Å². The summed E-state index contributed by atoms with van der Waals surface area (Å²) < 4.78 is 11.2. The normalized spacial score (nSPS) is 15.9. The quantitative estimate of drug-likeness (QED) is 0.541. The summed E-state index contributed by atoms with van der Waals surface area (Å²) in [5.74, 6) is 0.811. The van der Waals surface area contributed by atoms with Crippen LogP contribution in [0.15, 0.2) is 30.9 Å². The maximum absolute atomic E-state index is 6.22. The SMILES string of the molecule is C=CCc1cccc(Cl)c1OCCCCN1CCOCC1. The van der Waals surface area contributed by atoms with E-state index in [1.54, 1.807) is 0 Å². The van der Waals surface area contributed by atoms with Crippen LogP contribution in [0, 0.1) is 0 Å². The van der Waals surface area contributed by atoms with Crippen LogP contribution in [0.2, 0.25) is 5.02 Å². The molecule has 1 aliphatic rings. The van der Waals surface area contributed by atoms with Gasteiger partial charge in [-0.3, -0.25) is 4.90 Å². The van der Waals surface area contributed by atoms with Gasteiger partial charge in [-0.05, 0) is 37.4 Å². The van der Waals surface area contributed by atoms with E-state index in [2.05, 4.69) is 11.5 Å². The molecule has 1 saturated heterocycles. The molecule has 116 valence electrons.